The maximum absolute atomic E-state index is 12.0. The number of halogens is 1. The Morgan fingerprint density at radius 3 is 2.50 bits per heavy atom. The van der Waals surface area contributed by atoms with Crippen molar-refractivity contribution >= 4 is 45.9 Å². The molecule has 18 heavy (non-hydrogen) atoms. The van der Waals surface area contributed by atoms with Gasteiger partial charge < -0.3 is 5.32 Å². The van der Waals surface area contributed by atoms with E-state index >= 15 is 0 Å². The molecule has 1 N–H and O–H groups in total. The highest BCUT2D eigenvalue weighted by atomic mass is 127. The van der Waals surface area contributed by atoms with E-state index in [-0.39, 0.29) is 5.91 Å². The van der Waals surface area contributed by atoms with Crippen LogP contribution in [0.4, 0.5) is 5.69 Å². The Balaban J connectivity index is 2.11. The van der Waals surface area contributed by atoms with E-state index < -0.39 is 0 Å². The molecular formula is C14H12INOS. The van der Waals surface area contributed by atoms with Crippen LogP contribution in [-0.2, 0) is 0 Å². The predicted molar refractivity (Wildman–Crippen MR) is 85.3 cm³/mol. The van der Waals surface area contributed by atoms with Gasteiger partial charge in [0.15, 0.2) is 0 Å². The second kappa shape index (κ2) is 6.24. The third kappa shape index (κ3) is 3.49. The molecule has 92 valence electrons. The van der Waals surface area contributed by atoms with Crippen molar-refractivity contribution in [2.45, 2.75) is 4.90 Å². The lowest BCUT2D eigenvalue weighted by molar-refractivity contribution is 0.102. The molecule has 0 bridgehead atoms. The molecule has 0 saturated carbocycles. The molecule has 0 aliphatic rings. The van der Waals surface area contributed by atoms with Gasteiger partial charge in [-0.15, -0.1) is 11.8 Å². The number of hydrogen-bond donors (Lipinski definition) is 1. The van der Waals surface area contributed by atoms with Crippen molar-refractivity contribution in [3.63, 3.8) is 0 Å². The number of hydrogen-bond acceptors (Lipinski definition) is 2. The van der Waals surface area contributed by atoms with E-state index in [2.05, 4.69) is 27.9 Å². The maximum atomic E-state index is 12.0. The highest BCUT2D eigenvalue weighted by molar-refractivity contribution is 14.1. The first-order chi connectivity index (χ1) is 8.69. The number of benzene rings is 2. The van der Waals surface area contributed by atoms with Gasteiger partial charge in [0.2, 0.25) is 0 Å². The first kappa shape index (κ1) is 13.4. The molecule has 0 spiro atoms. The van der Waals surface area contributed by atoms with E-state index in [4.69, 9.17) is 0 Å². The SMILES string of the molecule is CSc1ccc(NC(=O)c2cccc(I)c2)cc1. The number of carbonyl (C=O) groups excluding carboxylic acids is 1. The summed E-state index contributed by atoms with van der Waals surface area (Å²) in [7, 11) is 0. The fourth-order valence-electron chi connectivity index (χ4n) is 1.51. The summed E-state index contributed by atoms with van der Waals surface area (Å²) in [5, 5.41) is 2.89. The fourth-order valence-corrected chi connectivity index (χ4v) is 2.46. The Hall–Kier alpha value is -1.01. The van der Waals surface area contributed by atoms with Gasteiger partial charge in [-0.25, -0.2) is 0 Å². The van der Waals surface area contributed by atoms with Crippen molar-refractivity contribution < 1.29 is 4.79 Å². The normalized spacial score (nSPS) is 10.1. The molecule has 0 unspecified atom stereocenters. The molecule has 2 aromatic carbocycles. The van der Waals surface area contributed by atoms with E-state index in [0.717, 1.165) is 9.26 Å². The zero-order chi connectivity index (χ0) is 13.0. The van der Waals surface area contributed by atoms with Gasteiger partial charge in [-0.1, -0.05) is 6.07 Å². The first-order valence-corrected chi connectivity index (χ1v) is 7.70. The molecule has 4 heteroatoms. The van der Waals surface area contributed by atoms with Crippen LogP contribution >= 0.6 is 34.4 Å². The molecule has 0 saturated heterocycles. The molecule has 2 aromatic rings. The second-order valence-electron chi connectivity index (χ2n) is 3.69. The van der Waals surface area contributed by atoms with Crippen LogP contribution in [0.1, 0.15) is 10.4 Å². The average molecular weight is 369 g/mol. The summed E-state index contributed by atoms with van der Waals surface area (Å²) >= 11 is 3.88. The monoisotopic (exact) mass is 369 g/mol. The number of thioether (sulfide) groups is 1. The molecule has 2 nitrogen and oxygen atoms in total. The Morgan fingerprint density at radius 1 is 1.17 bits per heavy atom. The molecule has 0 aliphatic heterocycles. The lowest BCUT2D eigenvalue weighted by Gasteiger charge is -2.06. The summed E-state index contributed by atoms with van der Waals surface area (Å²) in [5.74, 6) is -0.0783. The Kier molecular flexibility index (Phi) is 4.66. The molecule has 0 aromatic heterocycles. The van der Waals surface area contributed by atoms with Gasteiger partial charge in [0.25, 0.3) is 5.91 Å². The van der Waals surface area contributed by atoms with Crippen molar-refractivity contribution in [1.29, 1.82) is 0 Å². The minimum absolute atomic E-state index is 0.0783. The zero-order valence-electron chi connectivity index (χ0n) is 9.81. The standard InChI is InChI=1S/C14H12INOS/c1-18-13-7-5-12(6-8-13)16-14(17)10-3-2-4-11(15)9-10/h2-9H,1H3,(H,16,17). The van der Waals surface area contributed by atoms with E-state index in [9.17, 15) is 4.79 Å². The first-order valence-electron chi connectivity index (χ1n) is 5.40. The molecule has 0 heterocycles. The Labute approximate surface area is 124 Å². The Morgan fingerprint density at radius 2 is 1.89 bits per heavy atom. The van der Waals surface area contributed by atoms with Gasteiger partial charge in [0, 0.05) is 19.7 Å². The van der Waals surface area contributed by atoms with E-state index in [1.54, 1.807) is 11.8 Å². The van der Waals surface area contributed by atoms with E-state index in [1.807, 2.05) is 54.8 Å². The third-order valence-corrected chi connectivity index (χ3v) is 3.85. The highest BCUT2D eigenvalue weighted by Crippen LogP contribution is 2.18. The maximum Gasteiger partial charge on any atom is 0.255 e. The van der Waals surface area contributed by atoms with Crippen molar-refractivity contribution in [2.24, 2.45) is 0 Å². The van der Waals surface area contributed by atoms with E-state index in [1.165, 1.54) is 4.90 Å². The number of amides is 1. The van der Waals surface area contributed by atoms with Gasteiger partial charge >= 0.3 is 0 Å². The summed E-state index contributed by atoms with van der Waals surface area (Å²) in [6.07, 6.45) is 2.03. The molecular weight excluding hydrogens is 357 g/mol. The van der Waals surface area contributed by atoms with E-state index in [0.29, 0.717) is 5.56 Å². The minimum Gasteiger partial charge on any atom is -0.322 e. The lowest BCUT2D eigenvalue weighted by Crippen LogP contribution is -2.11. The number of anilines is 1. The number of rotatable bonds is 3. The van der Waals surface area contributed by atoms with Crippen LogP contribution in [0.5, 0.6) is 0 Å². The van der Waals surface area contributed by atoms with Crippen LogP contribution in [0.2, 0.25) is 0 Å². The summed E-state index contributed by atoms with van der Waals surface area (Å²) in [5.41, 5.74) is 1.49. The largest absolute Gasteiger partial charge is 0.322 e. The van der Waals surface area contributed by atoms with Crippen LogP contribution in [0, 0.1) is 3.57 Å². The summed E-state index contributed by atoms with van der Waals surface area (Å²) in [4.78, 5) is 13.2. The summed E-state index contributed by atoms with van der Waals surface area (Å²) in [6, 6.07) is 15.3. The Bertz CT molecular complexity index is 554. The molecule has 0 aliphatic carbocycles. The van der Waals surface area contributed by atoms with Crippen LogP contribution in [-0.4, -0.2) is 12.2 Å². The zero-order valence-corrected chi connectivity index (χ0v) is 12.8. The second-order valence-corrected chi connectivity index (χ2v) is 5.82. The smallest absolute Gasteiger partial charge is 0.255 e. The van der Waals surface area contributed by atoms with Gasteiger partial charge in [0.05, 0.1) is 0 Å². The van der Waals surface area contributed by atoms with Gasteiger partial charge in [-0.3, -0.25) is 4.79 Å². The third-order valence-electron chi connectivity index (χ3n) is 2.43. The van der Waals surface area contributed by atoms with Gasteiger partial charge in [-0.2, -0.15) is 0 Å². The van der Waals surface area contributed by atoms with Crippen LogP contribution in [0.25, 0.3) is 0 Å². The van der Waals surface area contributed by atoms with Crippen molar-refractivity contribution in [1.82, 2.24) is 0 Å². The average Bonchev–Trinajstić information content (AvgIpc) is 2.39. The number of nitrogens with one attached hydrogen (secondary N) is 1. The number of carbonyl (C=O) groups is 1. The van der Waals surface area contributed by atoms with Crippen molar-refractivity contribution in [3.8, 4) is 0 Å². The summed E-state index contributed by atoms with van der Waals surface area (Å²) < 4.78 is 1.05. The topological polar surface area (TPSA) is 29.1 Å². The quantitative estimate of drug-likeness (QED) is 0.647. The molecule has 0 fully saturated rings. The van der Waals surface area contributed by atoms with Crippen molar-refractivity contribution in [2.75, 3.05) is 11.6 Å². The highest BCUT2D eigenvalue weighted by Gasteiger charge is 2.05. The van der Waals surface area contributed by atoms with Crippen LogP contribution < -0.4 is 5.32 Å². The lowest BCUT2D eigenvalue weighted by atomic mass is 10.2. The molecule has 0 radical (unpaired) electrons. The van der Waals surface area contributed by atoms with Crippen molar-refractivity contribution in [3.05, 3.63) is 57.7 Å². The van der Waals surface area contributed by atoms with Crippen LogP contribution in [0.3, 0.4) is 0 Å². The van der Waals surface area contributed by atoms with Gasteiger partial charge in [0.1, 0.15) is 0 Å². The predicted octanol–water partition coefficient (Wildman–Crippen LogP) is 4.27. The molecule has 2 rings (SSSR count). The molecule has 0 atom stereocenters. The fraction of sp³-hybridized carbons (Fsp3) is 0.0714. The minimum atomic E-state index is -0.0783. The molecule has 1 amide bonds. The van der Waals surface area contributed by atoms with Crippen LogP contribution in [0.15, 0.2) is 53.4 Å². The summed E-state index contributed by atoms with van der Waals surface area (Å²) in [6.45, 7) is 0. The van der Waals surface area contributed by atoms with Gasteiger partial charge in [-0.05, 0) is 71.3 Å².